The fraction of sp³-hybridized carbons (Fsp3) is 0.333. The average molecular weight is 503 g/mol. The van der Waals surface area contributed by atoms with Crippen LogP contribution in [0.3, 0.4) is 0 Å². The number of fused-ring (bicyclic) bond motifs is 1. The molecule has 0 unspecified atom stereocenters. The maximum absolute atomic E-state index is 14.3. The third-order valence-electron chi connectivity index (χ3n) is 7.24. The van der Waals surface area contributed by atoms with E-state index in [1.54, 1.807) is 30.3 Å². The third kappa shape index (κ3) is 5.17. The summed E-state index contributed by atoms with van der Waals surface area (Å²) in [7, 11) is 0. The largest absolute Gasteiger partial charge is 0.486 e. The van der Waals surface area contributed by atoms with Crippen molar-refractivity contribution in [3.05, 3.63) is 88.7 Å². The lowest BCUT2D eigenvalue weighted by Crippen LogP contribution is -2.46. The summed E-state index contributed by atoms with van der Waals surface area (Å²) in [5.41, 5.74) is 3.39. The van der Waals surface area contributed by atoms with E-state index in [1.165, 1.54) is 17.0 Å². The van der Waals surface area contributed by atoms with Crippen molar-refractivity contribution in [1.82, 2.24) is 5.32 Å². The summed E-state index contributed by atoms with van der Waals surface area (Å²) < 4.78 is 25.2. The molecule has 1 fully saturated rings. The van der Waals surface area contributed by atoms with E-state index in [0.29, 0.717) is 41.5 Å². The molecule has 2 aliphatic rings. The molecule has 1 N–H and O–H groups in total. The van der Waals surface area contributed by atoms with Crippen LogP contribution in [-0.2, 0) is 4.79 Å². The highest BCUT2D eigenvalue weighted by Gasteiger charge is 2.36. The van der Waals surface area contributed by atoms with Crippen LogP contribution in [-0.4, -0.2) is 31.1 Å². The number of nitrogens with one attached hydrogen (secondary N) is 1. The number of anilines is 1. The van der Waals surface area contributed by atoms with Crippen LogP contribution in [0, 0.1) is 19.7 Å². The first-order valence-corrected chi connectivity index (χ1v) is 12.8. The second-order valence-electron chi connectivity index (χ2n) is 9.70. The summed E-state index contributed by atoms with van der Waals surface area (Å²) in [6.07, 6.45) is 3.93. The Bertz CT molecular complexity index is 1300. The number of amides is 2. The maximum atomic E-state index is 14.3. The van der Waals surface area contributed by atoms with E-state index in [0.717, 1.165) is 36.8 Å². The van der Waals surface area contributed by atoms with Crippen LogP contribution in [0.4, 0.5) is 10.1 Å². The Kier molecular flexibility index (Phi) is 7.12. The molecule has 3 aromatic carbocycles. The van der Waals surface area contributed by atoms with Gasteiger partial charge < -0.3 is 14.8 Å². The molecule has 1 heterocycles. The van der Waals surface area contributed by atoms with Crippen LogP contribution >= 0.6 is 0 Å². The Labute approximate surface area is 216 Å². The van der Waals surface area contributed by atoms with Gasteiger partial charge in [-0.15, -0.1) is 0 Å². The maximum Gasteiger partial charge on any atom is 0.259 e. The molecule has 0 saturated heterocycles. The van der Waals surface area contributed by atoms with Gasteiger partial charge in [-0.2, -0.15) is 0 Å². The summed E-state index contributed by atoms with van der Waals surface area (Å²) >= 11 is 0. The Hall–Kier alpha value is -3.87. The summed E-state index contributed by atoms with van der Waals surface area (Å²) in [5, 5.41) is 3.16. The number of hydrogen-bond acceptors (Lipinski definition) is 4. The van der Waals surface area contributed by atoms with Crippen LogP contribution in [0.25, 0.3) is 0 Å². The van der Waals surface area contributed by atoms with Gasteiger partial charge in [0.15, 0.2) is 11.5 Å². The van der Waals surface area contributed by atoms with E-state index in [-0.39, 0.29) is 17.9 Å². The lowest BCUT2D eigenvalue weighted by Gasteiger charge is -2.34. The molecule has 1 atom stereocenters. The predicted octanol–water partition coefficient (Wildman–Crippen LogP) is 5.66. The van der Waals surface area contributed by atoms with E-state index in [9.17, 15) is 14.0 Å². The van der Waals surface area contributed by atoms with Gasteiger partial charge in [0, 0.05) is 17.3 Å². The van der Waals surface area contributed by atoms with Gasteiger partial charge in [0.25, 0.3) is 5.91 Å². The van der Waals surface area contributed by atoms with E-state index >= 15 is 0 Å². The molecule has 1 aliphatic heterocycles. The Morgan fingerprint density at radius 1 is 0.946 bits per heavy atom. The number of ether oxygens (including phenoxy) is 2. The number of aryl methyl sites for hydroxylation is 1. The number of benzene rings is 3. The zero-order chi connectivity index (χ0) is 25.9. The Balaban J connectivity index is 1.63. The van der Waals surface area contributed by atoms with Gasteiger partial charge in [-0.05, 0) is 79.8 Å². The summed E-state index contributed by atoms with van der Waals surface area (Å²) in [5.74, 6) is 0.0175. The van der Waals surface area contributed by atoms with Crippen molar-refractivity contribution in [3.63, 3.8) is 0 Å². The number of carbonyl (C=O) groups is 2. The summed E-state index contributed by atoms with van der Waals surface area (Å²) in [6, 6.07) is 15.6. The summed E-state index contributed by atoms with van der Waals surface area (Å²) in [6.45, 7) is 4.75. The van der Waals surface area contributed by atoms with Gasteiger partial charge in [0.2, 0.25) is 5.91 Å². The van der Waals surface area contributed by atoms with Crippen molar-refractivity contribution in [2.45, 2.75) is 51.6 Å². The number of carbonyl (C=O) groups excluding carboxylic acids is 2. The van der Waals surface area contributed by atoms with E-state index in [2.05, 4.69) is 5.32 Å². The van der Waals surface area contributed by atoms with Crippen molar-refractivity contribution in [2.75, 3.05) is 18.1 Å². The smallest absolute Gasteiger partial charge is 0.259 e. The lowest BCUT2D eigenvalue weighted by molar-refractivity contribution is -0.123. The van der Waals surface area contributed by atoms with Gasteiger partial charge in [0.05, 0.1) is 0 Å². The topological polar surface area (TPSA) is 67.9 Å². The van der Waals surface area contributed by atoms with Gasteiger partial charge in [0.1, 0.15) is 25.1 Å². The average Bonchev–Trinajstić information content (AvgIpc) is 3.42. The van der Waals surface area contributed by atoms with E-state index < -0.39 is 11.9 Å². The molecule has 6 nitrogen and oxygen atoms in total. The molecule has 37 heavy (non-hydrogen) atoms. The molecule has 0 aromatic heterocycles. The Morgan fingerprint density at radius 2 is 1.65 bits per heavy atom. The van der Waals surface area contributed by atoms with Crippen molar-refractivity contribution < 1.29 is 23.5 Å². The molecule has 0 radical (unpaired) electrons. The Morgan fingerprint density at radius 3 is 2.38 bits per heavy atom. The SMILES string of the molecule is Cc1cccc(N(C(=O)c2ccc3c(c2)OCCO3)[C@@H](C(=O)NC2CCCC2)c2ccc(F)cc2)c1C. The van der Waals surface area contributed by atoms with Crippen LogP contribution in [0.5, 0.6) is 11.5 Å². The van der Waals surface area contributed by atoms with Crippen LogP contribution in [0.1, 0.15) is 58.8 Å². The second kappa shape index (κ2) is 10.6. The molecule has 7 heteroatoms. The highest BCUT2D eigenvalue weighted by Crippen LogP contribution is 2.36. The zero-order valence-electron chi connectivity index (χ0n) is 21.1. The molecule has 5 rings (SSSR count). The number of hydrogen-bond donors (Lipinski definition) is 1. The minimum Gasteiger partial charge on any atom is -0.486 e. The first kappa shape index (κ1) is 24.8. The molecule has 192 valence electrons. The molecular weight excluding hydrogens is 471 g/mol. The molecule has 2 amide bonds. The first-order chi connectivity index (χ1) is 17.9. The van der Waals surface area contributed by atoms with Crippen LogP contribution < -0.4 is 19.7 Å². The number of rotatable bonds is 6. The molecule has 1 saturated carbocycles. The van der Waals surface area contributed by atoms with Gasteiger partial charge >= 0.3 is 0 Å². The lowest BCUT2D eigenvalue weighted by atomic mass is 9.98. The first-order valence-electron chi connectivity index (χ1n) is 12.8. The molecule has 1 aliphatic carbocycles. The standard InChI is InChI=1S/C30H31FN2O4/c1-19-6-5-9-25(20(19)2)33(30(35)22-12-15-26-27(18-22)37-17-16-36-26)28(21-10-13-23(31)14-11-21)29(34)32-24-7-3-4-8-24/h5-6,9-15,18,24,28H,3-4,7-8,16-17H2,1-2H3,(H,32,34)/t28-/m1/s1. The van der Waals surface area contributed by atoms with E-state index in [4.69, 9.17) is 9.47 Å². The van der Waals surface area contributed by atoms with Gasteiger partial charge in [-0.1, -0.05) is 37.1 Å². The fourth-order valence-electron chi connectivity index (χ4n) is 5.09. The zero-order valence-corrected chi connectivity index (χ0v) is 21.1. The monoisotopic (exact) mass is 502 g/mol. The van der Waals surface area contributed by atoms with Crippen LogP contribution in [0.2, 0.25) is 0 Å². The number of halogens is 1. The highest BCUT2D eigenvalue weighted by atomic mass is 19.1. The quantitative estimate of drug-likeness (QED) is 0.472. The highest BCUT2D eigenvalue weighted by molar-refractivity contribution is 6.11. The van der Waals surface area contributed by atoms with Crippen molar-refractivity contribution in [1.29, 1.82) is 0 Å². The van der Waals surface area contributed by atoms with Crippen molar-refractivity contribution in [2.24, 2.45) is 0 Å². The minimum atomic E-state index is -0.998. The molecule has 0 bridgehead atoms. The molecular formula is C30H31FN2O4. The molecule has 3 aromatic rings. The fourth-order valence-corrected chi connectivity index (χ4v) is 5.09. The normalized spacial score (nSPS) is 15.8. The third-order valence-corrected chi connectivity index (χ3v) is 7.24. The van der Waals surface area contributed by atoms with Gasteiger partial charge in [-0.25, -0.2) is 4.39 Å². The predicted molar refractivity (Wildman–Crippen MR) is 140 cm³/mol. The van der Waals surface area contributed by atoms with Crippen molar-refractivity contribution in [3.8, 4) is 11.5 Å². The van der Waals surface area contributed by atoms with Gasteiger partial charge in [-0.3, -0.25) is 14.5 Å². The second-order valence-corrected chi connectivity index (χ2v) is 9.70. The van der Waals surface area contributed by atoms with E-state index in [1.807, 2.05) is 32.0 Å². The van der Waals surface area contributed by atoms with Crippen molar-refractivity contribution >= 4 is 17.5 Å². The summed E-state index contributed by atoms with van der Waals surface area (Å²) in [4.78, 5) is 29.7. The number of nitrogens with zero attached hydrogens (tertiary/aromatic N) is 1. The molecule has 0 spiro atoms. The van der Waals surface area contributed by atoms with Crippen LogP contribution in [0.15, 0.2) is 60.7 Å². The minimum absolute atomic E-state index is 0.0558.